The largest absolute Gasteiger partial charge is 0.392 e. The van der Waals surface area contributed by atoms with E-state index in [2.05, 4.69) is 16.0 Å². The van der Waals surface area contributed by atoms with E-state index in [1.165, 1.54) is 44.9 Å². The number of aryl methyl sites for hydroxylation is 1. The molecule has 2 aliphatic rings. The van der Waals surface area contributed by atoms with Crippen molar-refractivity contribution in [3.63, 3.8) is 0 Å². The lowest BCUT2D eigenvalue weighted by Gasteiger charge is -2.44. The zero-order valence-corrected chi connectivity index (χ0v) is 12.6. The Balaban J connectivity index is 1.67. The van der Waals surface area contributed by atoms with Gasteiger partial charge in [0.15, 0.2) is 0 Å². The Labute approximate surface area is 122 Å². The molecule has 1 aliphatic carbocycles. The van der Waals surface area contributed by atoms with Crippen LogP contribution in [0.4, 0.5) is 5.82 Å². The molecular weight excluding hydrogens is 248 g/mol. The maximum absolute atomic E-state index is 9.23. The van der Waals surface area contributed by atoms with E-state index >= 15 is 0 Å². The molecule has 1 aromatic rings. The van der Waals surface area contributed by atoms with Crippen molar-refractivity contribution in [1.82, 2.24) is 4.98 Å². The van der Waals surface area contributed by atoms with Gasteiger partial charge in [-0.2, -0.15) is 0 Å². The molecule has 1 aliphatic heterocycles. The molecule has 3 nitrogen and oxygen atoms in total. The van der Waals surface area contributed by atoms with Crippen molar-refractivity contribution >= 4 is 5.82 Å². The van der Waals surface area contributed by atoms with Gasteiger partial charge in [0.05, 0.1) is 6.61 Å². The molecule has 2 fully saturated rings. The average molecular weight is 274 g/mol. The summed E-state index contributed by atoms with van der Waals surface area (Å²) in [5.74, 6) is 1.09. The van der Waals surface area contributed by atoms with Crippen LogP contribution < -0.4 is 4.90 Å². The predicted octanol–water partition coefficient (Wildman–Crippen LogP) is 3.43. The van der Waals surface area contributed by atoms with Crippen LogP contribution in [0.15, 0.2) is 12.1 Å². The van der Waals surface area contributed by atoms with Gasteiger partial charge < -0.3 is 10.0 Å². The topological polar surface area (TPSA) is 36.4 Å². The van der Waals surface area contributed by atoms with Gasteiger partial charge in [0.25, 0.3) is 0 Å². The average Bonchev–Trinajstić information content (AvgIpc) is 2.49. The summed E-state index contributed by atoms with van der Waals surface area (Å²) in [4.78, 5) is 7.09. The number of pyridine rings is 1. The van der Waals surface area contributed by atoms with Crippen LogP contribution >= 0.6 is 0 Å². The van der Waals surface area contributed by atoms with Crippen LogP contribution in [0.5, 0.6) is 0 Å². The summed E-state index contributed by atoms with van der Waals surface area (Å²) in [6.07, 6.45) is 9.85. The van der Waals surface area contributed by atoms with Crippen molar-refractivity contribution in [1.29, 1.82) is 0 Å². The summed E-state index contributed by atoms with van der Waals surface area (Å²) in [6.45, 7) is 4.36. The minimum atomic E-state index is 0.0855. The number of aromatic nitrogens is 1. The first kappa shape index (κ1) is 13.9. The van der Waals surface area contributed by atoms with Gasteiger partial charge in [-0.05, 0) is 49.7 Å². The first-order chi connectivity index (χ1) is 9.72. The monoisotopic (exact) mass is 274 g/mol. The molecule has 1 N–H and O–H groups in total. The Bertz CT molecular complexity index is 456. The molecule has 0 amide bonds. The zero-order valence-electron chi connectivity index (χ0n) is 12.6. The molecule has 110 valence electrons. The fourth-order valence-corrected chi connectivity index (χ4v) is 3.93. The number of nitrogens with zero attached hydrogens (tertiary/aromatic N) is 2. The Morgan fingerprint density at radius 1 is 1.10 bits per heavy atom. The molecule has 1 saturated carbocycles. The highest BCUT2D eigenvalue weighted by atomic mass is 16.3. The molecule has 3 heteroatoms. The molecule has 1 aromatic heterocycles. The third-order valence-corrected chi connectivity index (χ3v) is 5.41. The summed E-state index contributed by atoms with van der Waals surface area (Å²) in [6, 6.07) is 4.08. The molecule has 0 bridgehead atoms. The van der Waals surface area contributed by atoms with Gasteiger partial charge in [-0.15, -0.1) is 0 Å². The maximum Gasteiger partial charge on any atom is 0.128 e. The number of piperidine rings is 1. The van der Waals surface area contributed by atoms with Gasteiger partial charge in [0.1, 0.15) is 5.82 Å². The van der Waals surface area contributed by atoms with Crippen LogP contribution in [-0.2, 0) is 6.61 Å². The summed E-state index contributed by atoms with van der Waals surface area (Å²) >= 11 is 0. The first-order valence-corrected chi connectivity index (χ1v) is 8.05. The summed E-state index contributed by atoms with van der Waals surface area (Å²) in [5, 5.41) is 9.23. The van der Waals surface area contributed by atoms with Crippen molar-refractivity contribution < 1.29 is 5.11 Å². The van der Waals surface area contributed by atoms with E-state index in [4.69, 9.17) is 0 Å². The second-order valence-electron chi connectivity index (χ2n) is 6.62. The quantitative estimate of drug-likeness (QED) is 0.897. The fraction of sp³-hybridized carbons (Fsp3) is 0.706. The molecule has 0 unspecified atom stereocenters. The summed E-state index contributed by atoms with van der Waals surface area (Å²) < 4.78 is 0. The maximum atomic E-state index is 9.23. The molecular formula is C17H26N2O. The van der Waals surface area contributed by atoms with Crippen LogP contribution in [0.3, 0.4) is 0 Å². The van der Waals surface area contributed by atoms with Crippen LogP contribution in [0, 0.1) is 12.3 Å². The van der Waals surface area contributed by atoms with Crippen molar-refractivity contribution in [3.05, 3.63) is 23.4 Å². The zero-order chi connectivity index (χ0) is 14.0. The van der Waals surface area contributed by atoms with Crippen molar-refractivity contribution in [3.8, 4) is 0 Å². The summed E-state index contributed by atoms with van der Waals surface area (Å²) in [5.41, 5.74) is 2.55. The number of hydrogen-bond donors (Lipinski definition) is 1. The van der Waals surface area contributed by atoms with Gasteiger partial charge >= 0.3 is 0 Å². The number of rotatable bonds is 2. The van der Waals surface area contributed by atoms with E-state index in [0.29, 0.717) is 5.41 Å². The third kappa shape index (κ3) is 2.69. The van der Waals surface area contributed by atoms with Crippen molar-refractivity contribution in [2.45, 2.75) is 58.5 Å². The van der Waals surface area contributed by atoms with Crippen LogP contribution in [0.2, 0.25) is 0 Å². The predicted molar refractivity (Wildman–Crippen MR) is 81.9 cm³/mol. The lowest BCUT2D eigenvalue weighted by Crippen LogP contribution is -2.41. The number of aliphatic hydroxyl groups excluding tert-OH is 1. The SMILES string of the molecule is Cc1nc(N2CCC3(CCCCC3)CC2)ccc1CO. The smallest absolute Gasteiger partial charge is 0.128 e. The van der Waals surface area contributed by atoms with Gasteiger partial charge in [0, 0.05) is 18.8 Å². The molecule has 0 atom stereocenters. The normalized spacial score (nSPS) is 22.2. The molecule has 20 heavy (non-hydrogen) atoms. The number of hydrogen-bond acceptors (Lipinski definition) is 3. The van der Waals surface area contributed by atoms with Gasteiger partial charge in [-0.25, -0.2) is 4.98 Å². The van der Waals surface area contributed by atoms with E-state index in [0.717, 1.165) is 30.2 Å². The summed E-state index contributed by atoms with van der Waals surface area (Å²) in [7, 11) is 0. The highest BCUT2D eigenvalue weighted by Gasteiger charge is 2.35. The Kier molecular flexibility index (Phi) is 3.97. The van der Waals surface area contributed by atoms with E-state index in [1.807, 2.05) is 13.0 Å². The highest BCUT2D eigenvalue weighted by molar-refractivity contribution is 5.42. The van der Waals surface area contributed by atoms with Gasteiger partial charge in [0.2, 0.25) is 0 Å². The van der Waals surface area contributed by atoms with Crippen LogP contribution in [-0.4, -0.2) is 23.2 Å². The second kappa shape index (κ2) is 5.72. The molecule has 0 radical (unpaired) electrons. The lowest BCUT2D eigenvalue weighted by atomic mass is 9.68. The third-order valence-electron chi connectivity index (χ3n) is 5.41. The first-order valence-electron chi connectivity index (χ1n) is 8.05. The Morgan fingerprint density at radius 3 is 2.40 bits per heavy atom. The lowest BCUT2D eigenvalue weighted by molar-refractivity contribution is 0.144. The molecule has 1 spiro atoms. The highest BCUT2D eigenvalue weighted by Crippen LogP contribution is 2.44. The van der Waals surface area contributed by atoms with E-state index < -0.39 is 0 Å². The Hall–Kier alpha value is -1.09. The van der Waals surface area contributed by atoms with E-state index in [9.17, 15) is 5.11 Å². The van der Waals surface area contributed by atoms with Crippen molar-refractivity contribution in [2.75, 3.05) is 18.0 Å². The fourth-order valence-electron chi connectivity index (χ4n) is 3.93. The minimum absolute atomic E-state index is 0.0855. The molecule has 0 aromatic carbocycles. The van der Waals surface area contributed by atoms with E-state index in [1.54, 1.807) is 0 Å². The van der Waals surface area contributed by atoms with E-state index in [-0.39, 0.29) is 6.61 Å². The second-order valence-corrected chi connectivity index (χ2v) is 6.62. The molecule has 1 saturated heterocycles. The van der Waals surface area contributed by atoms with Crippen molar-refractivity contribution in [2.24, 2.45) is 5.41 Å². The minimum Gasteiger partial charge on any atom is -0.392 e. The Morgan fingerprint density at radius 2 is 1.80 bits per heavy atom. The van der Waals surface area contributed by atoms with Crippen LogP contribution in [0.1, 0.15) is 56.2 Å². The molecule has 3 rings (SSSR count). The standard InChI is InChI=1S/C17H26N2O/c1-14-15(13-20)5-6-16(18-14)19-11-9-17(10-12-19)7-3-2-4-8-17/h5-6,20H,2-4,7-13H2,1H3. The van der Waals surface area contributed by atoms with Gasteiger partial charge in [-0.3, -0.25) is 0 Å². The van der Waals surface area contributed by atoms with Crippen LogP contribution in [0.25, 0.3) is 0 Å². The van der Waals surface area contributed by atoms with Gasteiger partial charge in [-0.1, -0.05) is 25.3 Å². The number of aliphatic hydroxyl groups is 1. The molecule has 2 heterocycles. The number of anilines is 1.